The molecule has 0 aromatic rings. The van der Waals surface area contributed by atoms with Gasteiger partial charge in [0.25, 0.3) is 0 Å². The van der Waals surface area contributed by atoms with Crippen LogP contribution in [0.15, 0.2) is 0 Å². The smallest absolute Gasteiger partial charge is 0.227 e. The van der Waals surface area contributed by atoms with Crippen LogP contribution in [0, 0.1) is 0 Å². The average Bonchev–Trinajstić information content (AvgIpc) is 1.64. The van der Waals surface area contributed by atoms with Gasteiger partial charge in [-0.1, -0.05) is 0 Å². The molecule has 0 rings (SSSR count). The SMILES string of the molecule is [B][P+](C)(OCC)OCC. The monoisotopic (exact) mass is 147 g/mol. The van der Waals surface area contributed by atoms with E-state index in [2.05, 4.69) is 0 Å². The molecule has 0 heterocycles. The summed E-state index contributed by atoms with van der Waals surface area (Å²) in [6, 6.07) is 0. The van der Waals surface area contributed by atoms with Crippen molar-refractivity contribution in [3.63, 3.8) is 0 Å². The second-order valence-electron chi connectivity index (χ2n) is 1.74. The molecule has 2 radical (unpaired) electrons. The first-order valence-corrected chi connectivity index (χ1v) is 5.20. The van der Waals surface area contributed by atoms with Gasteiger partial charge in [0.1, 0.15) is 0 Å². The third-order valence-corrected chi connectivity index (χ3v) is 2.31. The maximum atomic E-state index is 5.60. The number of hydrogen-bond donors (Lipinski definition) is 0. The van der Waals surface area contributed by atoms with Gasteiger partial charge in [-0.25, -0.2) is 9.05 Å². The summed E-state index contributed by atoms with van der Waals surface area (Å²) in [6.45, 7) is 6.87. The minimum atomic E-state index is -1.94. The summed E-state index contributed by atoms with van der Waals surface area (Å²) >= 11 is 0. The van der Waals surface area contributed by atoms with Gasteiger partial charge >= 0.3 is 7.57 Å². The molecule has 0 unspecified atom stereocenters. The van der Waals surface area contributed by atoms with E-state index in [1.54, 1.807) is 6.66 Å². The fraction of sp³-hybridized carbons (Fsp3) is 1.00. The lowest BCUT2D eigenvalue weighted by molar-refractivity contribution is 0.267. The topological polar surface area (TPSA) is 18.5 Å². The molecular formula is C5H13BO2P+. The molecule has 52 valence electrons. The molecule has 0 bridgehead atoms. The molecule has 2 nitrogen and oxygen atoms in total. The summed E-state index contributed by atoms with van der Waals surface area (Å²) in [7, 11) is 3.66. The first-order chi connectivity index (χ1) is 4.12. The van der Waals surface area contributed by atoms with Crippen LogP contribution >= 0.6 is 7.59 Å². The molecule has 0 saturated carbocycles. The van der Waals surface area contributed by atoms with Crippen LogP contribution < -0.4 is 0 Å². The molecule has 0 aromatic heterocycles. The highest BCUT2D eigenvalue weighted by Crippen LogP contribution is 2.51. The van der Waals surface area contributed by atoms with E-state index in [4.69, 9.17) is 16.6 Å². The summed E-state index contributed by atoms with van der Waals surface area (Å²) < 4.78 is 10.3. The van der Waals surface area contributed by atoms with Crippen LogP contribution in [0.2, 0.25) is 0 Å². The van der Waals surface area contributed by atoms with Gasteiger partial charge in [-0.3, -0.25) is 0 Å². The minimum Gasteiger partial charge on any atom is -0.227 e. The molecule has 0 aliphatic heterocycles. The van der Waals surface area contributed by atoms with E-state index in [1.807, 2.05) is 13.8 Å². The Kier molecular flexibility index (Phi) is 4.46. The van der Waals surface area contributed by atoms with Crippen molar-refractivity contribution >= 4 is 15.2 Å². The van der Waals surface area contributed by atoms with E-state index in [0.29, 0.717) is 13.2 Å². The van der Waals surface area contributed by atoms with Crippen LogP contribution in [0.5, 0.6) is 0 Å². The van der Waals surface area contributed by atoms with Crippen molar-refractivity contribution in [2.45, 2.75) is 13.8 Å². The second-order valence-corrected chi connectivity index (χ2v) is 4.08. The first kappa shape index (κ1) is 9.41. The predicted molar refractivity (Wildman–Crippen MR) is 41.9 cm³/mol. The van der Waals surface area contributed by atoms with E-state index in [1.165, 1.54) is 0 Å². The van der Waals surface area contributed by atoms with E-state index in [-0.39, 0.29) is 0 Å². The van der Waals surface area contributed by atoms with Crippen LogP contribution in [0.3, 0.4) is 0 Å². The van der Waals surface area contributed by atoms with E-state index < -0.39 is 7.59 Å². The van der Waals surface area contributed by atoms with Gasteiger partial charge in [-0.15, -0.1) is 0 Å². The zero-order valence-corrected chi connectivity index (χ0v) is 7.15. The molecule has 0 aliphatic carbocycles. The zero-order chi connectivity index (χ0) is 7.33. The minimum absolute atomic E-state index is 0.626. The Labute approximate surface area is 58.8 Å². The molecule has 0 atom stereocenters. The third-order valence-electron chi connectivity index (χ3n) is 0.771. The van der Waals surface area contributed by atoms with Gasteiger partial charge in [0, 0.05) is 0 Å². The highest BCUT2D eigenvalue weighted by Gasteiger charge is 2.27. The maximum Gasteiger partial charge on any atom is 0.443 e. The first-order valence-electron chi connectivity index (χ1n) is 3.06. The fourth-order valence-electron chi connectivity index (χ4n) is 0.550. The lowest BCUT2D eigenvalue weighted by atomic mass is 10.8. The Bertz CT molecular complexity index is 69.4. The molecule has 0 saturated heterocycles. The molecule has 0 spiro atoms. The highest BCUT2D eigenvalue weighted by molar-refractivity contribution is 7.89. The summed E-state index contributed by atoms with van der Waals surface area (Å²) in [6.07, 6.45) is 0. The Morgan fingerprint density at radius 1 is 1.22 bits per heavy atom. The molecule has 0 fully saturated rings. The Balaban J connectivity index is 3.43. The van der Waals surface area contributed by atoms with Gasteiger partial charge in [-0.2, -0.15) is 0 Å². The van der Waals surface area contributed by atoms with E-state index in [0.717, 1.165) is 0 Å². The quantitative estimate of drug-likeness (QED) is 0.444. The predicted octanol–water partition coefficient (Wildman–Crippen LogP) is 1.62. The lowest BCUT2D eigenvalue weighted by Gasteiger charge is -2.13. The Hall–Kier alpha value is 0.415. The Morgan fingerprint density at radius 3 is 1.78 bits per heavy atom. The van der Waals surface area contributed by atoms with E-state index >= 15 is 0 Å². The van der Waals surface area contributed by atoms with Crippen molar-refractivity contribution < 1.29 is 9.05 Å². The average molecular weight is 147 g/mol. The normalized spacial score (nSPS) is 11.9. The third kappa shape index (κ3) is 4.89. The lowest BCUT2D eigenvalue weighted by Crippen LogP contribution is -2.00. The molecule has 9 heavy (non-hydrogen) atoms. The van der Waals surface area contributed by atoms with Crippen LogP contribution in [0.1, 0.15) is 13.8 Å². The number of rotatable bonds is 4. The van der Waals surface area contributed by atoms with Crippen LogP contribution in [0.4, 0.5) is 0 Å². The molecule has 0 N–H and O–H groups in total. The standard InChI is InChI=1S/C5H13BO2P/c1-4-7-9(3,6)8-5-2/h4-5H2,1-3H3/q+1. The van der Waals surface area contributed by atoms with E-state index in [9.17, 15) is 0 Å². The summed E-state index contributed by atoms with van der Waals surface area (Å²) in [5.41, 5.74) is 0. The van der Waals surface area contributed by atoms with Gasteiger partial charge in [0.15, 0.2) is 0 Å². The molecule has 0 aliphatic rings. The maximum absolute atomic E-state index is 5.60. The van der Waals surface area contributed by atoms with Crippen molar-refractivity contribution in [1.82, 2.24) is 0 Å². The number of hydrogen-bond acceptors (Lipinski definition) is 2. The Morgan fingerprint density at radius 2 is 1.56 bits per heavy atom. The highest BCUT2D eigenvalue weighted by atomic mass is 31.2. The molecule has 4 heteroatoms. The van der Waals surface area contributed by atoms with Crippen molar-refractivity contribution in [2.24, 2.45) is 0 Å². The second kappa shape index (κ2) is 4.27. The van der Waals surface area contributed by atoms with Crippen molar-refractivity contribution in [2.75, 3.05) is 19.9 Å². The van der Waals surface area contributed by atoms with Crippen LogP contribution in [0.25, 0.3) is 0 Å². The zero-order valence-electron chi connectivity index (χ0n) is 6.26. The van der Waals surface area contributed by atoms with Crippen LogP contribution in [-0.2, 0) is 9.05 Å². The summed E-state index contributed by atoms with van der Waals surface area (Å²) in [5.74, 6) is 0. The fourth-order valence-corrected chi connectivity index (χ4v) is 1.65. The summed E-state index contributed by atoms with van der Waals surface area (Å²) in [4.78, 5) is 0. The van der Waals surface area contributed by atoms with Gasteiger partial charge < -0.3 is 0 Å². The molecule has 0 amide bonds. The molecular weight excluding hydrogens is 134 g/mol. The summed E-state index contributed by atoms with van der Waals surface area (Å²) in [5, 5.41) is 0. The van der Waals surface area contributed by atoms with Gasteiger partial charge in [0.2, 0.25) is 7.59 Å². The molecule has 0 aromatic carbocycles. The van der Waals surface area contributed by atoms with Gasteiger partial charge in [0.05, 0.1) is 19.9 Å². The van der Waals surface area contributed by atoms with Gasteiger partial charge in [-0.05, 0) is 13.8 Å². The van der Waals surface area contributed by atoms with Crippen molar-refractivity contribution in [3.05, 3.63) is 0 Å². The van der Waals surface area contributed by atoms with Crippen molar-refractivity contribution in [3.8, 4) is 0 Å². The van der Waals surface area contributed by atoms with Crippen molar-refractivity contribution in [1.29, 1.82) is 0 Å². The largest absolute Gasteiger partial charge is 0.443 e. The van der Waals surface area contributed by atoms with Crippen LogP contribution in [-0.4, -0.2) is 27.4 Å².